The van der Waals surface area contributed by atoms with Crippen LogP contribution in [0.1, 0.15) is 39.2 Å². The number of likely N-dealkylation sites (tertiary alicyclic amines) is 1. The Morgan fingerprint density at radius 1 is 1.17 bits per heavy atom. The minimum absolute atomic E-state index is 0.0132. The number of nitrogens with zero attached hydrogens (tertiary/aromatic N) is 2. The van der Waals surface area contributed by atoms with E-state index in [-0.39, 0.29) is 41.4 Å². The standard InChI is InChI=1S/C23H34N2O4S/c1-5-29-23(28)19-11-13-25(14-12-19)20(26)15-24(4)22(27)21(17(2)3)30-16-18-9-7-6-8-10-18/h6-10,17,19,21H,5,11-16H2,1-4H3. The molecule has 1 heterocycles. The minimum Gasteiger partial charge on any atom is -0.466 e. The zero-order chi connectivity index (χ0) is 22.1. The van der Waals surface area contributed by atoms with Crippen molar-refractivity contribution in [2.45, 2.75) is 44.6 Å². The lowest BCUT2D eigenvalue weighted by atomic mass is 9.97. The number of benzene rings is 1. The fraction of sp³-hybridized carbons (Fsp3) is 0.609. The molecule has 2 rings (SSSR count). The monoisotopic (exact) mass is 434 g/mol. The number of carbonyl (C=O) groups excluding carboxylic acids is 3. The molecule has 0 spiro atoms. The van der Waals surface area contributed by atoms with Crippen LogP contribution in [-0.4, -0.2) is 66.1 Å². The lowest BCUT2D eigenvalue weighted by Crippen LogP contribution is -2.47. The molecule has 1 fully saturated rings. The number of piperidine rings is 1. The molecular formula is C23H34N2O4S. The largest absolute Gasteiger partial charge is 0.466 e. The van der Waals surface area contributed by atoms with Crippen molar-refractivity contribution in [1.82, 2.24) is 9.80 Å². The van der Waals surface area contributed by atoms with Crippen LogP contribution in [0.2, 0.25) is 0 Å². The first-order chi connectivity index (χ1) is 14.3. The number of ether oxygens (including phenoxy) is 1. The van der Waals surface area contributed by atoms with Crippen molar-refractivity contribution in [2.24, 2.45) is 11.8 Å². The Hall–Kier alpha value is -2.02. The Morgan fingerprint density at radius 2 is 1.80 bits per heavy atom. The Balaban J connectivity index is 1.85. The van der Waals surface area contributed by atoms with E-state index >= 15 is 0 Å². The quantitative estimate of drug-likeness (QED) is 0.559. The second-order valence-corrected chi connectivity index (χ2v) is 9.19. The number of likely N-dealkylation sites (N-methyl/N-ethyl adjacent to an activating group) is 1. The summed E-state index contributed by atoms with van der Waals surface area (Å²) in [5, 5.41) is -0.197. The molecule has 1 aliphatic rings. The average molecular weight is 435 g/mol. The molecule has 30 heavy (non-hydrogen) atoms. The maximum atomic E-state index is 13.0. The second kappa shape index (κ2) is 12.0. The zero-order valence-electron chi connectivity index (χ0n) is 18.5. The van der Waals surface area contributed by atoms with E-state index in [2.05, 4.69) is 12.1 Å². The molecule has 0 bridgehead atoms. The van der Waals surface area contributed by atoms with Crippen molar-refractivity contribution in [3.63, 3.8) is 0 Å². The third-order valence-electron chi connectivity index (χ3n) is 5.34. The molecule has 0 radical (unpaired) electrons. The van der Waals surface area contributed by atoms with Crippen LogP contribution in [0, 0.1) is 11.8 Å². The first-order valence-corrected chi connectivity index (χ1v) is 11.7. The fourth-order valence-corrected chi connectivity index (χ4v) is 4.80. The number of hydrogen-bond acceptors (Lipinski definition) is 5. The highest BCUT2D eigenvalue weighted by Gasteiger charge is 2.31. The van der Waals surface area contributed by atoms with Gasteiger partial charge in [0.05, 0.1) is 24.3 Å². The Labute approximate surface area is 184 Å². The summed E-state index contributed by atoms with van der Waals surface area (Å²) in [7, 11) is 1.70. The van der Waals surface area contributed by atoms with E-state index in [1.807, 2.05) is 32.0 Å². The SMILES string of the molecule is CCOC(=O)C1CCN(C(=O)CN(C)C(=O)C(SCc2ccccc2)C(C)C)CC1. The molecule has 6 nitrogen and oxygen atoms in total. The topological polar surface area (TPSA) is 66.9 Å². The van der Waals surface area contributed by atoms with Crippen LogP contribution in [0.3, 0.4) is 0 Å². The summed E-state index contributed by atoms with van der Waals surface area (Å²) in [6.07, 6.45) is 1.23. The van der Waals surface area contributed by atoms with Gasteiger partial charge in [-0.05, 0) is 31.2 Å². The maximum Gasteiger partial charge on any atom is 0.309 e. The molecule has 7 heteroatoms. The summed E-state index contributed by atoms with van der Waals surface area (Å²) >= 11 is 1.62. The Bertz CT molecular complexity index is 702. The van der Waals surface area contributed by atoms with Crippen LogP contribution in [0.25, 0.3) is 0 Å². The maximum absolute atomic E-state index is 13.0. The van der Waals surface area contributed by atoms with Gasteiger partial charge in [-0.1, -0.05) is 44.2 Å². The number of esters is 1. The van der Waals surface area contributed by atoms with Crippen LogP contribution in [0.4, 0.5) is 0 Å². The lowest BCUT2D eigenvalue weighted by Gasteiger charge is -2.33. The molecule has 0 aliphatic carbocycles. The van der Waals surface area contributed by atoms with Crippen molar-refractivity contribution >= 4 is 29.5 Å². The summed E-state index contributed by atoms with van der Waals surface area (Å²) < 4.78 is 5.08. The molecule has 0 aromatic heterocycles. The van der Waals surface area contributed by atoms with E-state index in [1.165, 1.54) is 5.56 Å². The van der Waals surface area contributed by atoms with Gasteiger partial charge in [-0.2, -0.15) is 0 Å². The minimum atomic E-state index is -0.197. The van der Waals surface area contributed by atoms with Crippen LogP contribution < -0.4 is 0 Å². The normalized spacial score (nSPS) is 15.7. The van der Waals surface area contributed by atoms with Crippen molar-refractivity contribution < 1.29 is 19.1 Å². The first kappa shape index (κ1) is 24.3. The molecule has 1 aliphatic heterocycles. The molecule has 1 saturated heterocycles. The van der Waals surface area contributed by atoms with Gasteiger partial charge in [-0.25, -0.2) is 0 Å². The summed E-state index contributed by atoms with van der Waals surface area (Å²) in [5.74, 6) is 0.548. The van der Waals surface area contributed by atoms with Gasteiger partial charge < -0.3 is 14.5 Å². The molecule has 1 unspecified atom stereocenters. The van der Waals surface area contributed by atoms with Gasteiger partial charge in [0, 0.05) is 25.9 Å². The number of thioether (sulfide) groups is 1. The van der Waals surface area contributed by atoms with E-state index < -0.39 is 0 Å². The summed E-state index contributed by atoms with van der Waals surface area (Å²) in [4.78, 5) is 40.9. The van der Waals surface area contributed by atoms with Crippen LogP contribution >= 0.6 is 11.8 Å². The van der Waals surface area contributed by atoms with E-state index in [0.29, 0.717) is 32.5 Å². The van der Waals surface area contributed by atoms with Gasteiger partial charge >= 0.3 is 5.97 Å². The van der Waals surface area contributed by atoms with Crippen LogP contribution in [0.5, 0.6) is 0 Å². The molecule has 1 aromatic rings. The predicted molar refractivity (Wildman–Crippen MR) is 120 cm³/mol. The summed E-state index contributed by atoms with van der Waals surface area (Å²) in [5.41, 5.74) is 1.18. The lowest BCUT2D eigenvalue weighted by molar-refractivity contribution is -0.151. The number of amides is 2. The zero-order valence-corrected chi connectivity index (χ0v) is 19.3. The van der Waals surface area contributed by atoms with Crippen molar-refractivity contribution in [2.75, 3.05) is 33.3 Å². The number of carbonyl (C=O) groups is 3. The Kier molecular flexibility index (Phi) is 9.69. The molecular weight excluding hydrogens is 400 g/mol. The summed E-state index contributed by atoms with van der Waals surface area (Å²) in [6, 6.07) is 10.1. The van der Waals surface area contributed by atoms with Gasteiger partial charge in [0.25, 0.3) is 0 Å². The average Bonchev–Trinajstić information content (AvgIpc) is 2.74. The fourth-order valence-electron chi connectivity index (χ4n) is 3.53. The molecule has 0 saturated carbocycles. The molecule has 1 aromatic carbocycles. The smallest absolute Gasteiger partial charge is 0.309 e. The molecule has 0 N–H and O–H groups in total. The molecule has 2 amide bonds. The van der Waals surface area contributed by atoms with Gasteiger partial charge in [0.1, 0.15) is 0 Å². The predicted octanol–water partition coefficient (Wildman–Crippen LogP) is 3.20. The summed E-state index contributed by atoms with van der Waals surface area (Å²) in [6.45, 7) is 7.38. The second-order valence-electron chi connectivity index (χ2n) is 8.06. The molecule has 166 valence electrons. The van der Waals surface area contributed by atoms with Crippen molar-refractivity contribution in [3.05, 3.63) is 35.9 Å². The highest BCUT2D eigenvalue weighted by atomic mass is 32.2. The van der Waals surface area contributed by atoms with Gasteiger partial charge in [0.15, 0.2) is 0 Å². The van der Waals surface area contributed by atoms with Gasteiger partial charge in [-0.3, -0.25) is 14.4 Å². The van der Waals surface area contributed by atoms with Crippen molar-refractivity contribution in [1.29, 1.82) is 0 Å². The highest BCUT2D eigenvalue weighted by molar-refractivity contribution is 7.99. The highest BCUT2D eigenvalue weighted by Crippen LogP contribution is 2.25. The number of rotatable bonds is 9. The number of hydrogen-bond donors (Lipinski definition) is 0. The first-order valence-electron chi connectivity index (χ1n) is 10.7. The van der Waals surface area contributed by atoms with E-state index in [0.717, 1.165) is 5.75 Å². The molecule has 1 atom stereocenters. The third kappa shape index (κ3) is 7.04. The third-order valence-corrected chi connectivity index (χ3v) is 6.94. The Morgan fingerprint density at radius 3 is 2.37 bits per heavy atom. The van der Waals surface area contributed by atoms with E-state index in [9.17, 15) is 14.4 Å². The van der Waals surface area contributed by atoms with Gasteiger partial charge in [-0.15, -0.1) is 11.8 Å². The van der Waals surface area contributed by atoms with E-state index in [1.54, 1.807) is 35.5 Å². The van der Waals surface area contributed by atoms with Crippen LogP contribution in [-0.2, 0) is 24.9 Å². The van der Waals surface area contributed by atoms with Gasteiger partial charge in [0.2, 0.25) is 11.8 Å². The van der Waals surface area contributed by atoms with E-state index in [4.69, 9.17) is 4.74 Å². The van der Waals surface area contributed by atoms with Crippen LogP contribution in [0.15, 0.2) is 30.3 Å². The van der Waals surface area contributed by atoms with Crippen molar-refractivity contribution in [3.8, 4) is 0 Å².